The molecular weight excluding hydrogens is 212 g/mol. The molecule has 1 saturated carbocycles. The molecule has 2 heterocycles. The summed E-state index contributed by atoms with van der Waals surface area (Å²) in [6, 6.07) is 0. The van der Waals surface area contributed by atoms with Crippen LogP contribution in [-0.2, 0) is 23.8 Å². The maximum absolute atomic E-state index is 11.6. The zero-order chi connectivity index (χ0) is 11.3. The van der Waals surface area contributed by atoms with Crippen molar-refractivity contribution in [2.75, 3.05) is 13.7 Å². The zero-order valence-electron chi connectivity index (χ0n) is 8.84. The Morgan fingerprint density at radius 3 is 3.06 bits per heavy atom. The molecule has 4 atom stereocenters. The molecule has 0 aromatic rings. The molecule has 86 valence electrons. The Hall–Kier alpha value is -1.36. The number of fused-ring (bicyclic) bond motifs is 4. The molecule has 0 aromatic carbocycles. The molecular formula is C11H12O5. The minimum atomic E-state index is -0.434. The van der Waals surface area contributed by atoms with Gasteiger partial charge in [-0.15, -0.1) is 0 Å². The number of carbonyl (C=O) groups excluding carboxylic acids is 2. The smallest absolute Gasteiger partial charge is 0.337 e. The van der Waals surface area contributed by atoms with Crippen molar-refractivity contribution in [3.05, 3.63) is 11.8 Å². The molecule has 3 rings (SSSR count). The lowest BCUT2D eigenvalue weighted by atomic mass is 9.59. The largest absolute Gasteiger partial charge is 0.466 e. The molecule has 2 aliphatic heterocycles. The van der Waals surface area contributed by atoms with Gasteiger partial charge in [0.05, 0.1) is 24.7 Å². The van der Waals surface area contributed by atoms with Crippen molar-refractivity contribution in [2.24, 2.45) is 17.8 Å². The van der Waals surface area contributed by atoms with Gasteiger partial charge in [0.25, 0.3) is 0 Å². The molecule has 0 N–H and O–H groups in total. The van der Waals surface area contributed by atoms with E-state index >= 15 is 0 Å². The van der Waals surface area contributed by atoms with Gasteiger partial charge < -0.3 is 14.2 Å². The van der Waals surface area contributed by atoms with E-state index in [-0.39, 0.29) is 29.8 Å². The first kappa shape index (κ1) is 9.84. The highest BCUT2D eigenvalue weighted by atomic mass is 16.5. The Labute approximate surface area is 92.3 Å². The number of methoxy groups -OCH3 is 1. The Morgan fingerprint density at radius 2 is 2.31 bits per heavy atom. The van der Waals surface area contributed by atoms with E-state index in [1.807, 2.05) is 0 Å². The second-order valence-corrected chi connectivity index (χ2v) is 4.34. The SMILES string of the molecule is COC(=O)C1=COC(=O)[C@H]2[C@@H]3CCO[C@@H]3[C@@H]12. The van der Waals surface area contributed by atoms with Gasteiger partial charge in [-0.25, -0.2) is 4.79 Å². The van der Waals surface area contributed by atoms with Crippen molar-refractivity contribution in [3.8, 4) is 0 Å². The zero-order valence-corrected chi connectivity index (χ0v) is 8.84. The van der Waals surface area contributed by atoms with Gasteiger partial charge in [0, 0.05) is 18.4 Å². The summed E-state index contributed by atoms with van der Waals surface area (Å²) >= 11 is 0. The van der Waals surface area contributed by atoms with Gasteiger partial charge in [0.15, 0.2) is 0 Å². The molecule has 0 radical (unpaired) electrons. The summed E-state index contributed by atoms with van der Waals surface area (Å²) in [5.74, 6) is -0.848. The highest BCUT2D eigenvalue weighted by Gasteiger charge is 2.61. The summed E-state index contributed by atoms with van der Waals surface area (Å²) in [5, 5.41) is 0. The van der Waals surface area contributed by atoms with Gasteiger partial charge in [-0.2, -0.15) is 0 Å². The third-order valence-electron chi connectivity index (χ3n) is 3.74. The predicted molar refractivity (Wildman–Crippen MR) is 51.0 cm³/mol. The van der Waals surface area contributed by atoms with Crippen molar-refractivity contribution in [1.82, 2.24) is 0 Å². The molecule has 3 aliphatic rings. The summed E-state index contributed by atoms with van der Waals surface area (Å²) in [4.78, 5) is 23.1. The number of hydrogen-bond acceptors (Lipinski definition) is 5. The summed E-state index contributed by atoms with van der Waals surface area (Å²) in [5.41, 5.74) is 0.426. The van der Waals surface area contributed by atoms with E-state index in [0.29, 0.717) is 12.2 Å². The Kier molecular flexibility index (Phi) is 2.04. The minimum Gasteiger partial charge on any atom is -0.466 e. The fourth-order valence-corrected chi connectivity index (χ4v) is 2.98. The molecule has 1 saturated heterocycles. The average molecular weight is 224 g/mol. The van der Waals surface area contributed by atoms with E-state index in [0.717, 1.165) is 6.42 Å². The second kappa shape index (κ2) is 3.31. The summed E-state index contributed by atoms with van der Waals surface area (Å²) < 4.78 is 15.1. The van der Waals surface area contributed by atoms with Crippen LogP contribution < -0.4 is 0 Å². The van der Waals surface area contributed by atoms with Crippen LogP contribution in [0.15, 0.2) is 11.8 Å². The fourth-order valence-electron chi connectivity index (χ4n) is 2.98. The van der Waals surface area contributed by atoms with Crippen LogP contribution in [0.25, 0.3) is 0 Å². The highest BCUT2D eigenvalue weighted by Crippen LogP contribution is 2.53. The molecule has 2 fully saturated rings. The van der Waals surface area contributed by atoms with Gasteiger partial charge in [-0.3, -0.25) is 4.79 Å². The summed E-state index contributed by atoms with van der Waals surface area (Å²) in [6.07, 6.45) is 2.08. The lowest BCUT2D eigenvalue weighted by Gasteiger charge is -2.47. The molecule has 5 nitrogen and oxygen atoms in total. The molecule has 0 spiro atoms. The van der Waals surface area contributed by atoms with E-state index in [1.54, 1.807) is 0 Å². The lowest BCUT2D eigenvalue weighted by Crippen LogP contribution is -2.56. The van der Waals surface area contributed by atoms with Crippen LogP contribution in [0, 0.1) is 17.8 Å². The monoisotopic (exact) mass is 224 g/mol. The molecule has 1 aliphatic carbocycles. The average Bonchev–Trinajstić information content (AvgIpc) is 2.67. The molecule has 0 amide bonds. The van der Waals surface area contributed by atoms with E-state index in [4.69, 9.17) is 9.47 Å². The van der Waals surface area contributed by atoms with Crippen LogP contribution >= 0.6 is 0 Å². The molecule has 16 heavy (non-hydrogen) atoms. The fraction of sp³-hybridized carbons (Fsp3) is 0.636. The molecule has 0 aromatic heterocycles. The van der Waals surface area contributed by atoms with Crippen molar-refractivity contribution in [3.63, 3.8) is 0 Å². The summed E-state index contributed by atoms with van der Waals surface area (Å²) in [6.45, 7) is 0.657. The van der Waals surface area contributed by atoms with E-state index < -0.39 is 5.97 Å². The lowest BCUT2D eigenvalue weighted by molar-refractivity contribution is -0.168. The second-order valence-electron chi connectivity index (χ2n) is 4.34. The number of carbonyl (C=O) groups is 2. The molecule has 0 unspecified atom stereocenters. The minimum absolute atomic E-state index is 0.0109. The van der Waals surface area contributed by atoms with Gasteiger partial charge >= 0.3 is 11.9 Å². The van der Waals surface area contributed by atoms with E-state index in [1.165, 1.54) is 13.4 Å². The quantitative estimate of drug-likeness (QED) is 0.597. The van der Waals surface area contributed by atoms with Crippen LogP contribution in [0.5, 0.6) is 0 Å². The Balaban J connectivity index is 1.92. The Morgan fingerprint density at radius 1 is 1.50 bits per heavy atom. The number of cyclic esters (lactones) is 1. The first-order valence-electron chi connectivity index (χ1n) is 5.34. The number of esters is 2. The predicted octanol–water partition coefficient (Wildman–Crippen LogP) is 0.251. The summed E-state index contributed by atoms with van der Waals surface area (Å²) in [7, 11) is 1.32. The van der Waals surface area contributed by atoms with E-state index in [9.17, 15) is 9.59 Å². The highest BCUT2D eigenvalue weighted by molar-refractivity contribution is 5.93. The number of rotatable bonds is 1. The maximum atomic E-state index is 11.6. The van der Waals surface area contributed by atoms with Crippen LogP contribution in [0.3, 0.4) is 0 Å². The van der Waals surface area contributed by atoms with Crippen LogP contribution in [0.2, 0.25) is 0 Å². The van der Waals surface area contributed by atoms with Crippen LogP contribution in [0.1, 0.15) is 6.42 Å². The Bertz CT molecular complexity index is 386. The third-order valence-corrected chi connectivity index (χ3v) is 3.74. The topological polar surface area (TPSA) is 61.8 Å². The van der Waals surface area contributed by atoms with Gasteiger partial charge in [-0.05, 0) is 6.42 Å². The van der Waals surface area contributed by atoms with Gasteiger partial charge in [0.1, 0.15) is 6.26 Å². The van der Waals surface area contributed by atoms with Gasteiger partial charge in [0.2, 0.25) is 0 Å². The van der Waals surface area contributed by atoms with Crippen molar-refractivity contribution >= 4 is 11.9 Å². The van der Waals surface area contributed by atoms with Gasteiger partial charge in [-0.1, -0.05) is 0 Å². The van der Waals surface area contributed by atoms with Crippen molar-refractivity contribution in [2.45, 2.75) is 12.5 Å². The van der Waals surface area contributed by atoms with E-state index in [2.05, 4.69) is 4.74 Å². The maximum Gasteiger partial charge on any atom is 0.337 e. The normalized spacial score (nSPS) is 40.1. The first-order chi connectivity index (χ1) is 7.74. The van der Waals surface area contributed by atoms with Crippen molar-refractivity contribution in [1.29, 1.82) is 0 Å². The van der Waals surface area contributed by atoms with Crippen LogP contribution in [0.4, 0.5) is 0 Å². The molecule has 5 heteroatoms. The third kappa shape index (κ3) is 1.09. The first-order valence-corrected chi connectivity index (χ1v) is 5.34. The molecule has 0 bridgehead atoms. The van der Waals surface area contributed by atoms with Crippen molar-refractivity contribution < 1.29 is 23.8 Å². The van der Waals surface area contributed by atoms with Crippen LogP contribution in [-0.4, -0.2) is 31.8 Å². The number of ether oxygens (including phenoxy) is 3. The number of hydrogen-bond donors (Lipinski definition) is 0. The standard InChI is InChI=1S/C11H12O5/c1-14-10(12)6-4-16-11(13)8-5-2-3-15-9(5)7(6)8/h4-5,7-9H,2-3H2,1H3/t5-,7-,8-,9-/m0/s1.